The van der Waals surface area contributed by atoms with Crippen molar-refractivity contribution in [3.63, 3.8) is 0 Å². The van der Waals surface area contributed by atoms with Gasteiger partial charge in [-0.2, -0.15) is 5.26 Å². The highest BCUT2D eigenvalue weighted by atomic mass is 16.1. The minimum Gasteiger partial charge on any atom is -0.390 e. The lowest BCUT2D eigenvalue weighted by Gasteiger charge is -1.92. The summed E-state index contributed by atoms with van der Waals surface area (Å²) in [7, 11) is 0. The van der Waals surface area contributed by atoms with Crippen molar-refractivity contribution in [2.75, 3.05) is 6.54 Å². The zero-order valence-electron chi connectivity index (χ0n) is 5.72. The maximum Gasteiger partial charge on any atom is 0.260 e. The van der Waals surface area contributed by atoms with Crippen LogP contribution in [0.1, 0.15) is 6.92 Å². The molecule has 3 N–H and O–H groups in total. The third-order valence-corrected chi connectivity index (χ3v) is 0.836. The van der Waals surface area contributed by atoms with Gasteiger partial charge in [-0.25, -0.2) is 0 Å². The van der Waals surface area contributed by atoms with Crippen LogP contribution >= 0.6 is 0 Å². The molecule has 0 unspecified atom stereocenters. The first-order valence-corrected chi connectivity index (χ1v) is 2.85. The average molecular weight is 139 g/mol. The molecule has 10 heavy (non-hydrogen) atoms. The van der Waals surface area contributed by atoms with E-state index in [1.54, 1.807) is 6.07 Å². The highest BCUT2D eigenvalue weighted by molar-refractivity contribution is 5.95. The van der Waals surface area contributed by atoms with Gasteiger partial charge in [-0.05, 0) is 6.92 Å². The van der Waals surface area contributed by atoms with Crippen LogP contribution in [0.3, 0.4) is 0 Å². The Bertz CT molecular complexity index is 190. The number of nitrogens with one attached hydrogen (secondary N) is 1. The number of primary amides is 1. The maximum atomic E-state index is 10.3. The Morgan fingerprint density at radius 1 is 1.90 bits per heavy atom. The Kier molecular flexibility index (Phi) is 3.73. The maximum absolute atomic E-state index is 10.3. The number of hydrogen-bond acceptors (Lipinski definition) is 3. The molecule has 0 spiro atoms. The molecule has 0 atom stereocenters. The zero-order valence-corrected chi connectivity index (χ0v) is 5.72. The van der Waals surface area contributed by atoms with Gasteiger partial charge in [-0.3, -0.25) is 4.79 Å². The van der Waals surface area contributed by atoms with E-state index in [2.05, 4.69) is 5.32 Å². The van der Waals surface area contributed by atoms with Crippen molar-refractivity contribution in [3.8, 4) is 6.07 Å². The first-order valence-electron chi connectivity index (χ1n) is 2.85. The normalized spacial score (nSPS) is 10.2. The summed E-state index contributed by atoms with van der Waals surface area (Å²) in [5.74, 6) is -0.705. The Hall–Kier alpha value is -1.50. The van der Waals surface area contributed by atoms with Crippen LogP contribution in [0.2, 0.25) is 0 Å². The fraction of sp³-hybridized carbons (Fsp3) is 0.333. The van der Waals surface area contributed by atoms with E-state index in [0.717, 1.165) is 0 Å². The molecule has 0 fully saturated rings. The Balaban J connectivity index is 4.09. The molecule has 1 amide bonds. The second kappa shape index (κ2) is 4.39. The van der Waals surface area contributed by atoms with Gasteiger partial charge in [-0.15, -0.1) is 0 Å². The van der Waals surface area contributed by atoms with Gasteiger partial charge in [0.15, 0.2) is 0 Å². The van der Waals surface area contributed by atoms with Gasteiger partial charge in [0.2, 0.25) is 0 Å². The van der Waals surface area contributed by atoms with Crippen molar-refractivity contribution in [1.82, 2.24) is 5.32 Å². The van der Waals surface area contributed by atoms with E-state index in [1.807, 2.05) is 6.92 Å². The van der Waals surface area contributed by atoms with Gasteiger partial charge >= 0.3 is 0 Å². The van der Waals surface area contributed by atoms with Gasteiger partial charge in [0, 0.05) is 12.7 Å². The van der Waals surface area contributed by atoms with Gasteiger partial charge in [0.1, 0.15) is 11.6 Å². The number of hydrogen-bond donors (Lipinski definition) is 2. The molecule has 0 saturated heterocycles. The van der Waals surface area contributed by atoms with Crippen LogP contribution in [-0.2, 0) is 4.79 Å². The lowest BCUT2D eigenvalue weighted by Crippen LogP contribution is -2.16. The predicted octanol–water partition coefficient (Wildman–Crippen LogP) is -0.511. The van der Waals surface area contributed by atoms with Gasteiger partial charge in [0.05, 0.1) is 0 Å². The Morgan fingerprint density at radius 2 is 2.50 bits per heavy atom. The molecule has 0 aliphatic heterocycles. The molecule has 0 aromatic rings. The molecule has 4 heteroatoms. The number of amides is 1. The quantitative estimate of drug-likeness (QED) is 0.408. The van der Waals surface area contributed by atoms with Crippen molar-refractivity contribution < 1.29 is 4.79 Å². The molecule has 0 rings (SSSR count). The SMILES string of the molecule is CCN/C=C(\C#N)C(N)=O. The van der Waals surface area contributed by atoms with E-state index >= 15 is 0 Å². The highest BCUT2D eigenvalue weighted by Gasteiger charge is 2.00. The van der Waals surface area contributed by atoms with Crippen molar-refractivity contribution in [2.24, 2.45) is 5.73 Å². The molecule has 0 heterocycles. The number of nitrogens with zero attached hydrogens (tertiary/aromatic N) is 1. The lowest BCUT2D eigenvalue weighted by molar-refractivity contribution is -0.114. The largest absolute Gasteiger partial charge is 0.390 e. The van der Waals surface area contributed by atoms with E-state index in [4.69, 9.17) is 11.0 Å². The number of carbonyl (C=O) groups is 1. The van der Waals surface area contributed by atoms with Crippen molar-refractivity contribution in [2.45, 2.75) is 6.92 Å². The molecule has 0 aromatic heterocycles. The molecule has 0 radical (unpaired) electrons. The van der Waals surface area contributed by atoms with Crippen LogP contribution in [-0.4, -0.2) is 12.5 Å². The average Bonchev–Trinajstić information content (AvgIpc) is 1.89. The molecule has 0 aliphatic rings. The van der Waals surface area contributed by atoms with Crippen LogP contribution < -0.4 is 11.1 Å². The van der Waals surface area contributed by atoms with E-state index in [-0.39, 0.29) is 5.57 Å². The van der Waals surface area contributed by atoms with Crippen LogP contribution in [0.15, 0.2) is 11.8 Å². The predicted molar refractivity (Wildman–Crippen MR) is 36.6 cm³/mol. The first-order chi connectivity index (χ1) is 4.72. The van der Waals surface area contributed by atoms with Gasteiger partial charge in [-0.1, -0.05) is 0 Å². The van der Waals surface area contributed by atoms with E-state index in [1.165, 1.54) is 6.20 Å². The zero-order chi connectivity index (χ0) is 7.98. The fourth-order valence-electron chi connectivity index (χ4n) is 0.363. The lowest BCUT2D eigenvalue weighted by atomic mass is 10.3. The smallest absolute Gasteiger partial charge is 0.260 e. The minimum absolute atomic E-state index is 0.0538. The highest BCUT2D eigenvalue weighted by Crippen LogP contribution is 1.85. The molecule has 4 nitrogen and oxygen atoms in total. The van der Waals surface area contributed by atoms with E-state index in [9.17, 15) is 4.79 Å². The molecule has 0 aromatic carbocycles. The topological polar surface area (TPSA) is 78.9 Å². The fourth-order valence-corrected chi connectivity index (χ4v) is 0.363. The third-order valence-electron chi connectivity index (χ3n) is 0.836. The molecular weight excluding hydrogens is 130 g/mol. The van der Waals surface area contributed by atoms with Crippen molar-refractivity contribution >= 4 is 5.91 Å². The van der Waals surface area contributed by atoms with Crippen molar-refractivity contribution in [1.29, 1.82) is 5.26 Å². The summed E-state index contributed by atoms with van der Waals surface area (Å²) in [6.07, 6.45) is 1.31. The molecular formula is C6H9N3O. The number of carbonyl (C=O) groups excluding carboxylic acids is 1. The van der Waals surface area contributed by atoms with Gasteiger partial charge in [0.25, 0.3) is 5.91 Å². The van der Waals surface area contributed by atoms with Crippen LogP contribution in [0.5, 0.6) is 0 Å². The second-order valence-corrected chi connectivity index (χ2v) is 1.59. The first kappa shape index (κ1) is 8.50. The summed E-state index contributed by atoms with van der Waals surface area (Å²) in [6.45, 7) is 2.52. The van der Waals surface area contributed by atoms with E-state index in [0.29, 0.717) is 6.54 Å². The third kappa shape index (κ3) is 2.72. The molecule has 0 saturated carbocycles. The van der Waals surface area contributed by atoms with Crippen molar-refractivity contribution in [3.05, 3.63) is 11.8 Å². The van der Waals surface area contributed by atoms with Crippen LogP contribution in [0, 0.1) is 11.3 Å². The number of nitriles is 1. The van der Waals surface area contributed by atoms with Crippen LogP contribution in [0.25, 0.3) is 0 Å². The summed E-state index contributed by atoms with van der Waals surface area (Å²) >= 11 is 0. The Labute approximate surface area is 59.3 Å². The monoisotopic (exact) mass is 139 g/mol. The Morgan fingerprint density at radius 3 is 2.80 bits per heavy atom. The molecule has 54 valence electrons. The van der Waals surface area contributed by atoms with E-state index < -0.39 is 5.91 Å². The number of rotatable bonds is 3. The summed E-state index contributed by atoms with van der Waals surface area (Å²) in [5.41, 5.74) is 4.76. The molecule has 0 aliphatic carbocycles. The summed E-state index contributed by atoms with van der Waals surface area (Å²) < 4.78 is 0. The second-order valence-electron chi connectivity index (χ2n) is 1.59. The standard InChI is InChI=1S/C6H9N3O/c1-2-9-4-5(3-7)6(8)10/h4,9H,2H2,1H3,(H2,8,10)/b5-4+. The summed E-state index contributed by atoms with van der Waals surface area (Å²) in [4.78, 5) is 10.3. The molecule has 0 bridgehead atoms. The summed E-state index contributed by atoms with van der Waals surface area (Å²) in [6, 6.07) is 1.66. The minimum atomic E-state index is -0.705. The van der Waals surface area contributed by atoms with Crippen LogP contribution in [0.4, 0.5) is 0 Å². The summed E-state index contributed by atoms with van der Waals surface area (Å²) in [5, 5.41) is 11.0. The van der Waals surface area contributed by atoms with Gasteiger partial charge < -0.3 is 11.1 Å². The number of nitrogens with two attached hydrogens (primary N) is 1.